The van der Waals surface area contributed by atoms with Gasteiger partial charge in [0.25, 0.3) is 0 Å². The SMILES string of the molecule is Nc1ncnc2c1c(-c1ccc(O)cc1)cn2C1CCc2ccccc2C1. The monoisotopic (exact) mass is 356 g/mol. The smallest absolute Gasteiger partial charge is 0.146 e. The number of anilines is 1. The van der Waals surface area contributed by atoms with Gasteiger partial charge < -0.3 is 15.4 Å². The molecule has 1 aliphatic carbocycles. The fourth-order valence-corrected chi connectivity index (χ4v) is 4.16. The third-order valence-electron chi connectivity index (χ3n) is 5.53. The van der Waals surface area contributed by atoms with Crippen LogP contribution < -0.4 is 5.73 Å². The number of rotatable bonds is 2. The number of phenolic OH excluding ortho intramolecular Hbond substituents is 1. The molecule has 0 fully saturated rings. The van der Waals surface area contributed by atoms with Gasteiger partial charge in [0, 0.05) is 17.8 Å². The van der Waals surface area contributed by atoms with E-state index in [1.165, 1.54) is 17.5 Å². The summed E-state index contributed by atoms with van der Waals surface area (Å²) in [5, 5.41) is 10.5. The van der Waals surface area contributed by atoms with Crippen molar-refractivity contribution in [3.63, 3.8) is 0 Å². The first-order valence-electron chi connectivity index (χ1n) is 9.18. The van der Waals surface area contributed by atoms with Crippen LogP contribution in [0.15, 0.2) is 61.1 Å². The largest absolute Gasteiger partial charge is 0.508 e. The Balaban J connectivity index is 1.66. The van der Waals surface area contributed by atoms with Gasteiger partial charge in [0.15, 0.2) is 0 Å². The molecule has 0 saturated carbocycles. The zero-order chi connectivity index (χ0) is 18.4. The third kappa shape index (κ3) is 2.63. The average Bonchev–Trinajstić information content (AvgIpc) is 3.09. The summed E-state index contributed by atoms with van der Waals surface area (Å²) >= 11 is 0. The molecule has 0 aliphatic heterocycles. The Morgan fingerprint density at radius 3 is 2.59 bits per heavy atom. The molecule has 5 rings (SSSR count). The Morgan fingerprint density at radius 2 is 1.78 bits per heavy atom. The van der Waals surface area contributed by atoms with E-state index < -0.39 is 0 Å². The van der Waals surface area contributed by atoms with Crippen LogP contribution in [0.1, 0.15) is 23.6 Å². The second kappa shape index (κ2) is 6.13. The van der Waals surface area contributed by atoms with E-state index in [9.17, 15) is 5.11 Å². The first-order chi connectivity index (χ1) is 13.2. The molecule has 134 valence electrons. The molecule has 27 heavy (non-hydrogen) atoms. The number of hydrogen-bond acceptors (Lipinski definition) is 4. The van der Waals surface area contributed by atoms with E-state index in [4.69, 9.17) is 5.73 Å². The third-order valence-corrected chi connectivity index (χ3v) is 5.53. The molecule has 3 N–H and O–H groups in total. The maximum absolute atomic E-state index is 9.62. The second-order valence-corrected chi connectivity index (χ2v) is 7.12. The van der Waals surface area contributed by atoms with Gasteiger partial charge in [0.05, 0.1) is 5.39 Å². The Labute approximate surface area is 157 Å². The summed E-state index contributed by atoms with van der Waals surface area (Å²) in [6.45, 7) is 0. The van der Waals surface area contributed by atoms with Crippen molar-refractivity contribution in [3.05, 3.63) is 72.2 Å². The highest BCUT2D eigenvalue weighted by atomic mass is 16.3. The van der Waals surface area contributed by atoms with Gasteiger partial charge in [-0.15, -0.1) is 0 Å². The minimum atomic E-state index is 0.246. The van der Waals surface area contributed by atoms with Crippen LogP contribution in [0.4, 0.5) is 5.82 Å². The zero-order valence-electron chi connectivity index (χ0n) is 14.8. The predicted molar refractivity (Wildman–Crippen MR) is 107 cm³/mol. The van der Waals surface area contributed by atoms with Gasteiger partial charge in [-0.3, -0.25) is 0 Å². The lowest BCUT2D eigenvalue weighted by Gasteiger charge is -2.26. The van der Waals surface area contributed by atoms with Crippen LogP contribution in [0.5, 0.6) is 5.75 Å². The molecule has 5 nitrogen and oxygen atoms in total. The van der Waals surface area contributed by atoms with Crippen molar-refractivity contribution in [1.82, 2.24) is 14.5 Å². The molecule has 0 radical (unpaired) electrons. The molecule has 0 amide bonds. The Kier molecular flexibility index (Phi) is 3.60. The van der Waals surface area contributed by atoms with Crippen molar-refractivity contribution in [2.24, 2.45) is 0 Å². The molecule has 4 aromatic rings. The minimum Gasteiger partial charge on any atom is -0.508 e. The highest BCUT2D eigenvalue weighted by molar-refractivity contribution is 6.00. The van der Waals surface area contributed by atoms with Crippen LogP contribution in [-0.4, -0.2) is 19.6 Å². The molecule has 1 unspecified atom stereocenters. The molecular formula is C22H20N4O. The number of phenols is 1. The van der Waals surface area contributed by atoms with Crippen molar-refractivity contribution >= 4 is 16.9 Å². The molecule has 2 aromatic carbocycles. The summed E-state index contributed by atoms with van der Waals surface area (Å²) in [7, 11) is 0. The molecular weight excluding hydrogens is 336 g/mol. The molecule has 1 atom stereocenters. The summed E-state index contributed by atoms with van der Waals surface area (Å²) in [5.74, 6) is 0.730. The molecule has 2 aromatic heterocycles. The number of benzene rings is 2. The van der Waals surface area contributed by atoms with Crippen molar-refractivity contribution in [2.75, 3.05) is 5.73 Å². The van der Waals surface area contributed by atoms with Gasteiger partial charge in [-0.2, -0.15) is 0 Å². The second-order valence-electron chi connectivity index (χ2n) is 7.12. The van der Waals surface area contributed by atoms with Crippen LogP contribution in [0.25, 0.3) is 22.2 Å². The van der Waals surface area contributed by atoms with Crippen molar-refractivity contribution in [1.29, 1.82) is 0 Å². The maximum atomic E-state index is 9.62. The van der Waals surface area contributed by atoms with Crippen LogP contribution in [0, 0.1) is 0 Å². The summed E-state index contributed by atoms with van der Waals surface area (Å²) in [6.07, 6.45) is 6.79. The van der Waals surface area contributed by atoms with E-state index in [2.05, 4.69) is 45.0 Å². The lowest BCUT2D eigenvalue weighted by atomic mass is 9.88. The summed E-state index contributed by atoms with van der Waals surface area (Å²) in [4.78, 5) is 8.77. The van der Waals surface area contributed by atoms with Crippen molar-refractivity contribution in [2.45, 2.75) is 25.3 Å². The summed E-state index contributed by atoms with van der Waals surface area (Å²) < 4.78 is 2.26. The van der Waals surface area contributed by atoms with Gasteiger partial charge in [-0.05, 0) is 48.1 Å². The van der Waals surface area contributed by atoms with E-state index in [1.807, 2.05) is 12.1 Å². The first kappa shape index (κ1) is 15.9. The number of fused-ring (bicyclic) bond motifs is 2. The van der Waals surface area contributed by atoms with E-state index in [-0.39, 0.29) is 5.75 Å². The van der Waals surface area contributed by atoms with E-state index >= 15 is 0 Å². The van der Waals surface area contributed by atoms with Crippen LogP contribution in [0.2, 0.25) is 0 Å². The molecule has 0 spiro atoms. The average molecular weight is 356 g/mol. The van der Waals surface area contributed by atoms with Gasteiger partial charge in [0.1, 0.15) is 23.5 Å². The first-order valence-corrected chi connectivity index (χ1v) is 9.18. The van der Waals surface area contributed by atoms with Crippen molar-refractivity contribution < 1.29 is 5.11 Å². The Hall–Kier alpha value is -3.34. The number of nitrogens with two attached hydrogens (primary N) is 1. The predicted octanol–water partition coefficient (Wildman–Crippen LogP) is 4.12. The quantitative estimate of drug-likeness (QED) is 0.566. The zero-order valence-corrected chi connectivity index (χ0v) is 14.8. The van der Waals surface area contributed by atoms with E-state index in [0.717, 1.165) is 41.4 Å². The fourth-order valence-electron chi connectivity index (χ4n) is 4.16. The number of nitrogens with zero attached hydrogens (tertiary/aromatic N) is 3. The topological polar surface area (TPSA) is 77.0 Å². The Bertz CT molecular complexity index is 1130. The lowest BCUT2D eigenvalue weighted by molar-refractivity contribution is 0.452. The van der Waals surface area contributed by atoms with Gasteiger partial charge in [-0.1, -0.05) is 36.4 Å². The van der Waals surface area contributed by atoms with Gasteiger partial charge >= 0.3 is 0 Å². The van der Waals surface area contributed by atoms with Crippen LogP contribution in [0.3, 0.4) is 0 Å². The highest BCUT2D eigenvalue weighted by Crippen LogP contribution is 2.38. The fraction of sp³-hybridized carbons (Fsp3) is 0.182. The number of aryl methyl sites for hydroxylation is 1. The number of aromatic nitrogens is 3. The van der Waals surface area contributed by atoms with Crippen molar-refractivity contribution in [3.8, 4) is 16.9 Å². The van der Waals surface area contributed by atoms with Gasteiger partial charge in [-0.25, -0.2) is 9.97 Å². The lowest BCUT2D eigenvalue weighted by Crippen LogP contribution is -2.18. The van der Waals surface area contributed by atoms with Crippen LogP contribution in [-0.2, 0) is 12.8 Å². The molecule has 5 heteroatoms. The molecule has 0 bridgehead atoms. The summed E-state index contributed by atoms with van der Waals surface area (Å²) in [6, 6.07) is 16.2. The molecule has 2 heterocycles. The standard InChI is InChI=1S/C22H20N4O/c23-21-20-19(15-6-9-18(27)10-7-15)12-26(22(20)25-13-24-21)17-8-5-14-3-1-2-4-16(14)11-17/h1-4,6-7,9-10,12-13,17,27H,5,8,11H2,(H2,23,24,25). The maximum Gasteiger partial charge on any atom is 0.146 e. The number of aromatic hydroxyl groups is 1. The number of hydrogen-bond donors (Lipinski definition) is 2. The van der Waals surface area contributed by atoms with Gasteiger partial charge in [0.2, 0.25) is 0 Å². The normalized spacial score (nSPS) is 16.4. The highest BCUT2D eigenvalue weighted by Gasteiger charge is 2.24. The van der Waals surface area contributed by atoms with Crippen LogP contribution >= 0.6 is 0 Å². The minimum absolute atomic E-state index is 0.246. The van der Waals surface area contributed by atoms with E-state index in [1.54, 1.807) is 12.1 Å². The molecule has 1 aliphatic rings. The Morgan fingerprint density at radius 1 is 1.00 bits per heavy atom. The summed E-state index contributed by atoms with van der Waals surface area (Å²) in [5.41, 5.74) is 11.9. The molecule has 0 saturated heterocycles. The number of nitrogen functional groups attached to an aromatic ring is 1. The van der Waals surface area contributed by atoms with E-state index in [0.29, 0.717) is 11.9 Å².